The van der Waals surface area contributed by atoms with Gasteiger partial charge in [0.1, 0.15) is 0 Å². The van der Waals surface area contributed by atoms with Gasteiger partial charge in [-0.2, -0.15) is 0 Å². The molecule has 0 aromatic heterocycles. The predicted molar refractivity (Wildman–Crippen MR) is 75.6 cm³/mol. The number of likely N-dealkylation sites (N-methyl/N-ethyl adjacent to an activating group) is 1. The van der Waals surface area contributed by atoms with E-state index in [9.17, 15) is 0 Å². The fourth-order valence-electron chi connectivity index (χ4n) is 2.06. The van der Waals surface area contributed by atoms with Crippen molar-refractivity contribution >= 4 is 0 Å². The lowest BCUT2D eigenvalue weighted by molar-refractivity contribution is 0.103. The number of nitrogens with zero attached hydrogens (tertiary/aromatic N) is 1. The van der Waals surface area contributed by atoms with Crippen LogP contribution in [0.5, 0.6) is 0 Å². The molecular weight excluding hydrogens is 212 g/mol. The predicted octanol–water partition coefficient (Wildman–Crippen LogP) is 2.51. The molecule has 0 saturated heterocycles. The van der Waals surface area contributed by atoms with E-state index in [-0.39, 0.29) is 0 Å². The van der Waals surface area contributed by atoms with Crippen LogP contribution in [0.25, 0.3) is 0 Å². The van der Waals surface area contributed by atoms with Gasteiger partial charge < -0.3 is 10.1 Å². The first-order valence-electron chi connectivity index (χ1n) is 7.19. The lowest BCUT2D eigenvalue weighted by atomic mass is 10.2. The maximum absolute atomic E-state index is 5.20. The third-order valence-corrected chi connectivity index (χ3v) is 3.22. The first kappa shape index (κ1) is 16.9. The van der Waals surface area contributed by atoms with E-state index in [0.29, 0.717) is 6.04 Å². The van der Waals surface area contributed by atoms with Gasteiger partial charge >= 0.3 is 0 Å². The molecule has 104 valence electrons. The first-order valence-corrected chi connectivity index (χ1v) is 7.19. The van der Waals surface area contributed by atoms with Crippen molar-refractivity contribution in [3.63, 3.8) is 0 Å². The third-order valence-electron chi connectivity index (χ3n) is 3.22. The Morgan fingerprint density at radius 2 is 1.88 bits per heavy atom. The van der Waals surface area contributed by atoms with Crippen LogP contribution in [0.3, 0.4) is 0 Å². The topological polar surface area (TPSA) is 24.5 Å². The van der Waals surface area contributed by atoms with Crippen molar-refractivity contribution in [2.24, 2.45) is 0 Å². The quantitative estimate of drug-likeness (QED) is 0.534. The average Bonchev–Trinajstić information content (AvgIpc) is 2.33. The van der Waals surface area contributed by atoms with Gasteiger partial charge in [-0.1, -0.05) is 33.1 Å². The van der Waals surface area contributed by atoms with Crippen molar-refractivity contribution in [3.8, 4) is 0 Å². The summed E-state index contributed by atoms with van der Waals surface area (Å²) in [5, 5.41) is 3.52. The number of hydrogen-bond acceptors (Lipinski definition) is 3. The Morgan fingerprint density at radius 3 is 2.47 bits per heavy atom. The second-order valence-corrected chi connectivity index (χ2v) is 4.74. The van der Waals surface area contributed by atoms with E-state index in [0.717, 1.165) is 32.8 Å². The number of unbranched alkanes of at least 4 members (excludes halogenated alkanes) is 3. The average molecular weight is 244 g/mol. The normalized spacial score (nSPS) is 13.2. The summed E-state index contributed by atoms with van der Waals surface area (Å²) in [5.41, 5.74) is 0. The molecule has 0 fully saturated rings. The van der Waals surface area contributed by atoms with Gasteiger partial charge in [0.25, 0.3) is 0 Å². The number of hydrogen-bond donors (Lipinski definition) is 1. The number of methoxy groups -OCH3 is 1. The molecule has 0 bridgehead atoms. The van der Waals surface area contributed by atoms with Crippen LogP contribution in [-0.4, -0.2) is 50.8 Å². The van der Waals surface area contributed by atoms with Crippen molar-refractivity contribution in [1.82, 2.24) is 10.2 Å². The molecule has 1 unspecified atom stereocenters. The molecule has 17 heavy (non-hydrogen) atoms. The highest BCUT2D eigenvalue weighted by molar-refractivity contribution is 4.66. The minimum Gasteiger partial charge on any atom is -0.383 e. The zero-order chi connectivity index (χ0) is 12.9. The Balaban J connectivity index is 3.43. The van der Waals surface area contributed by atoms with Crippen molar-refractivity contribution in [3.05, 3.63) is 0 Å². The number of ether oxygens (including phenoxy) is 1. The third kappa shape index (κ3) is 9.57. The van der Waals surface area contributed by atoms with Gasteiger partial charge in [-0.05, 0) is 26.4 Å². The molecule has 0 aliphatic heterocycles. The summed E-state index contributed by atoms with van der Waals surface area (Å²) in [4.78, 5) is 2.46. The molecule has 0 aliphatic rings. The SMILES string of the molecule is CCCCCCNCCN(CC)C(C)COC. The fourth-order valence-corrected chi connectivity index (χ4v) is 2.06. The van der Waals surface area contributed by atoms with E-state index in [2.05, 4.69) is 31.0 Å². The lowest BCUT2D eigenvalue weighted by Gasteiger charge is -2.27. The second kappa shape index (κ2) is 12.3. The van der Waals surface area contributed by atoms with E-state index < -0.39 is 0 Å². The molecular formula is C14H32N2O. The van der Waals surface area contributed by atoms with Gasteiger partial charge in [0.05, 0.1) is 6.61 Å². The highest BCUT2D eigenvalue weighted by atomic mass is 16.5. The van der Waals surface area contributed by atoms with Crippen LogP contribution in [0.15, 0.2) is 0 Å². The summed E-state index contributed by atoms with van der Waals surface area (Å²) in [5.74, 6) is 0. The van der Waals surface area contributed by atoms with Crippen LogP contribution >= 0.6 is 0 Å². The number of rotatable bonds is 12. The molecule has 0 aliphatic carbocycles. The van der Waals surface area contributed by atoms with Gasteiger partial charge in [-0.15, -0.1) is 0 Å². The summed E-state index contributed by atoms with van der Waals surface area (Å²) in [6, 6.07) is 0.520. The highest BCUT2D eigenvalue weighted by Gasteiger charge is 2.10. The Labute approximate surface area is 108 Å². The molecule has 3 nitrogen and oxygen atoms in total. The Bertz CT molecular complexity index is 153. The molecule has 0 amide bonds. The van der Waals surface area contributed by atoms with Crippen LogP contribution in [0.1, 0.15) is 46.5 Å². The van der Waals surface area contributed by atoms with Crippen molar-refractivity contribution in [1.29, 1.82) is 0 Å². The van der Waals surface area contributed by atoms with Crippen molar-refractivity contribution in [2.75, 3.05) is 39.9 Å². The molecule has 0 spiro atoms. The Hall–Kier alpha value is -0.120. The monoisotopic (exact) mass is 244 g/mol. The van der Waals surface area contributed by atoms with Gasteiger partial charge in [0, 0.05) is 26.2 Å². The van der Waals surface area contributed by atoms with E-state index in [1.807, 2.05) is 0 Å². The molecule has 0 aromatic rings. The van der Waals surface area contributed by atoms with Gasteiger partial charge in [0.15, 0.2) is 0 Å². The van der Waals surface area contributed by atoms with Crippen LogP contribution in [0.4, 0.5) is 0 Å². The maximum atomic E-state index is 5.20. The summed E-state index contributed by atoms with van der Waals surface area (Å²) in [6.07, 6.45) is 5.36. The summed E-state index contributed by atoms with van der Waals surface area (Å²) < 4.78 is 5.20. The molecule has 0 rings (SSSR count). The van der Waals surface area contributed by atoms with E-state index in [1.54, 1.807) is 7.11 Å². The standard InChI is InChI=1S/C14H32N2O/c1-5-7-8-9-10-15-11-12-16(6-2)14(3)13-17-4/h14-15H,5-13H2,1-4H3. The summed E-state index contributed by atoms with van der Waals surface area (Å²) in [6.45, 7) is 12.0. The molecule has 0 aromatic carbocycles. The molecule has 1 N–H and O–H groups in total. The summed E-state index contributed by atoms with van der Waals surface area (Å²) >= 11 is 0. The zero-order valence-corrected chi connectivity index (χ0v) is 12.3. The van der Waals surface area contributed by atoms with Crippen LogP contribution in [0, 0.1) is 0 Å². The molecule has 0 saturated carbocycles. The molecule has 0 heterocycles. The lowest BCUT2D eigenvalue weighted by Crippen LogP contribution is -2.40. The van der Waals surface area contributed by atoms with Gasteiger partial charge in [0.2, 0.25) is 0 Å². The van der Waals surface area contributed by atoms with Crippen LogP contribution < -0.4 is 5.32 Å². The van der Waals surface area contributed by atoms with E-state index in [4.69, 9.17) is 4.74 Å². The minimum absolute atomic E-state index is 0.520. The van der Waals surface area contributed by atoms with Crippen LogP contribution in [-0.2, 0) is 4.74 Å². The van der Waals surface area contributed by atoms with Crippen molar-refractivity contribution < 1.29 is 4.74 Å². The smallest absolute Gasteiger partial charge is 0.0615 e. The zero-order valence-electron chi connectivity index (χ0n) is 12.3. The highest BCUT2D eigenvalue weighted by Crippen LogP contribution is 1.99. The summed E-state index contributed by atoms with van der Waals surface area (Å²) in [7, 11) is 1.77. The number of nitrogens with one attached hydrogen (secondary N) is 1. The van der Waals surface area contributed by atoms with Crippen molar-refractivity contribution in [2.45, 2.75) is 52.5 Å². The Kier molecular flexibility index (Phi) is 12.3. The fraction of sp³-hybridized carbons (Fsp3) is 1.00. The first-order chi connectivity index (χ1) is 8.26. The maximum Gasteiger partial charge on any atom is 0.0615 e. The van der Waals surface area contributed by atoms with E-state index >= 15 is 0 Å². The van der Waals surface area contributed by atoms with Gasteiger partial charge in [-0.25, -0.2) is 0 Å². The molecule has 3 heteroatoms. The molecule has 1 atom stereocenters. The minimum atomic E-state index is 0.520. The Morgan fingerprint density at radius 1 is 1.12 bits per heavy atom. The largest absolute Gasteiger partial charge is 0.383 e. The van der Waals surface area contributed by atoms with Gasteiger partial charge in [-0.3, -0.25) is 4.90 Å². The van der Waals surface area contributed by atoms with E-state index in [1.165, 1.54) is 25.7 Å². The van der Waals surface area contributed by atoms with Crippen LogP contribution in [0.2, 0.25) is 0 Å². The molecule has 0 radical (unpaired) electrons. The second-order valence-electron chi connectivity index (χ2n) is 4.74.